The first-order valence-electron chi connectivity index (χ1n) is 6.92. The maximum absolute atomic E-state index is 4.74. The van der Waals surface area contributed by atoms with Crippen LogP contribution in [-0.4, -0.2) is 41.0 Å². The third kappa shape index (κ3) is 2.87. The lowest BCUT2D eigenvalue weighted by Crippen LogP contribution is -2.52. The molecule has 4 heteroatoms. The van der Waals surface area contributed by atoms with E-state index in [1.807, 2.05) is 12.3 Å². The van der Waals surface area contributed by atoms with Crippen molar-refractivity contribution >= 4 is 0 Å². The van der Waals surface area contributed by atoms with Crippen molar-refractivity contribution < 1.29 is 0 Å². The number of hydrogen-bond acceptors (Lipinski definition) is 4. The largest absolute Gasteiger partial charge is 0.314 e. The average Bonchev–Trinajstić information content (AvgIpc) is 2.40. The molecule has 1 aromatic rings. The maximum atomic E-state index is 4.74. The number of nitrogens with one attached hydrogen (secondary N) is 1. The van der Waals surface area contributed by atoms with Crippen LogP contribution in [0, 0.1) is 0 Å². The van der Waals surface area contributed by atoms with Crippen LogP contribution >= 0.6 is 0 Å². The number of aromatic nitrogens is 2. The van der Waals surface area contributed by atoms with Gasteiger partial charge in [-0.3, -0.25) is 4.90 Å². The SMILES string of the molecule is CCCc1ccnc(C(C)(C)N2CCNCC2)n1. The summed E-state index contributed by atoms with van der Waals surface area (Å²) in [5.41, 5.74) is 1.08. The van der Waals surface area contributed by atoms with Gasteiger partial charge < -0.3 is 5.32 Å². The van der Waals surface area contributed by atoms with Crippen molar-refractivity contribution in [2.45, 2.75) is 39.2 Å². The number of piperazine rings is 1. The summed E-state index contributed by atoms with van der Waals surface area (Å²) < 4.78 is 0. The molecule has 0 unspecified atom stereocenters. The van der Waals surface area contributed by atoms with Gasteiger partial charge in [0.25, 0.3) is 0 Å². The minimum Gasteiger partial charge on any atom is -0.314 e. The van der Waals surface area contributed by atoms with E-state index < -0.39 is 0 Å². The second kappa shape index (κ2) is 5.76. The van der Waals surface area contributed by atoms with E-state index in [-0.39, 0.29) is 5.54 Å². The zero-order valence-electron chi connectivity index (χ0n) is 11.7. The summed E-state index contributed by atoms with van der Waals surface area (Å²) >= 11 is 0. The second-order valence-electron chi connectivity index (χ2n) is 5.42. The lowest BCUT2D eigenvalue weighted by atomic mass is 10.00. The van der Waals surface area contributed by atoms with E-state index in [9.17, 15) is 0 Å². The van der Waals surface area contributed by atoms with Gasteiger partial charge in [-0.25, -0.2) is 9.97 Å². The van der Waals surface area contributed by atoms with Crippen LogP contribution < -0.4 is 5.32 Å². The molecule has 1 fully saturated rings. The van der Waals surface area contributed by atoms with Crippen molar-refractivity contribution in [2.75, 3.05) is 26.2 Å². The quantitative estimate of drug-likeness (QED) is 0.878. The van der Waals surface area contributed by atoms with Gasteiger partial charge in [0.2, 0.25) is 0 Å². The summed E-state index contributed by atoms with van der Waals surface area (Å²) in [6.07, 6.45) is 4.06. The third-order valence-electron chi connectivity index (χ3n) is 3.67. The summed E-state index contributed by atoms with van der Waals surface area (Å²) in [5.74, 6) is 0.954. The Bertz CT molecular complexity index is 383. The van der Waals surface area contributed by atoms with Gasteiger partial charge in [0, 0.05) is 38.1 Å². The van der Waals surface area contributed by atoms with E-state index in [1.54, 1.807) is 0 Å². The van der Waals surface area contributed by atoms with Crippen molar-refractivity contribution in [1.29, 1.82) is 0 Å². The number of nitrogens with zero attached hydrogens (tertiary/aromatic N) is 3. The van der Waals surface area contributed by atoms with Gasteiger partial charge in [-0.05, 0) is 26.3 Å². The molecule has 18 heavy (non-hydrogen) atoms. The van der Waals surface area contributed by atoms with Crippen LogP contribution in [-0.2, 0) is 12.0 Å². The first-order chi connectivity index (χ1) is 8.64. The van der Waals surface area contributed by atoms with Crippen molar-refractivity contribution in [1.82, 2.24) is 20.2 Å². The van der Waals surface area contributed by atoms with E-state index in [2.05, 4.69) is 36.0 Å². The molecule has 0 bridgehead atoms. The minimum absolute atomic E-state index is 0.0775. The molecule has 0 saturated carbocycles. The van der Waals surface area contributed by atoms with Gasteiger partial charge in [-0.15, -0.1) is 0 Å². The molecule has 1 aliphatic rings. The van der Waals surface area contributed by atoms with Crippen molar-refractivity contribution in [2.24, 2.45) is 0 Å². The Morgan fingerprint density at radius 3 is 2.72 bits per heavy atom. The molecular formula is C14H24N4. The van der Waals surface area contributed by atoms with Crippen LogP contribution in [0.4, 0.5) is 0 Å². The fourth-order valence-corrected chi connectivity index (χ4v) is 2.45. The van der Waals surface area contributed by atoms with Crippen LogP contribution in [0.25, 0.3) is 0 Å². The summed E-state index contributed by atoms with van der Waals surface area (Å²) in [7, 11) is 0. The monoisotopic (exact) mass is 248 g/mol. The summed E-state index contributed by atoms with van der Waals surface area (Å²) in [6.45, 7) is 10.9. The standard InChI is InChI=1S/C14H24N4/c1-4-5-12-6-7-16-13(17-12)14(2,3)18-10-8-15-9-11-18/h6-7,15H,4-5,8-11H2,1-3H3. The predicted octanol–water partition coefficient (Wildman–Crippen LogP) is 1.57. The molecule has 100 valence electrons. The zero-order chi connectivity index (χ0) is 13.0. The van der Waals surface area contributed by atoms with Crippen molar-refractivity contribution in [3.63, 3.8) is 0 Å². The van der Waals surface area contributed by atoms with E-state index in [4.69, 9.17) is 4.98 Å². The Kier molecular flexibility index (Phi) is 4.30. The molecular weight excluding hydrogens is 224 g/mol. The number of aryl methyl sites for hydroxylation is 1. The molecule has 0 spiro atoms. The predicted molar refractivity (Wildman–Crippen MR) is 73.5 cm³/mol. The van der Waals surface area contributed by atoms with E-state index >= 15 is 0 Å². The Labute approximate surface area is 110 Å². The molecule has 0 aromatic carbocycles. The number of rotatable bonds is 4. The molecule has 0 aliphatic carbocycles. The Morgan fingerprint density at radius 2 is 2.06 bits per heavy atom. The van der Waals surface area contributed by atoms with Crippen LogP contribution in [0.1, 0.15) is 38.7 Å². The fourth-order valence-electron chi connectivity index (χ4n) is 2.45. The van der Waals surface area contributed by atoms with Gasteiger partial charge in [-0.1, -0.05) is 13.3 Å². The average molecular weight is 248 g/mol. The molecule has 0 radical (unpaired) electrons. The smallest absolute Gasteiger partial charge is 0.148 e. The topological polar surface area (TPSA) is 41.1 Å². The van der Waals surface area contributed by atoms with Gasteiger partial charge in [0.1, 0.15) is 5.82 Å². The summed E-state index contributed by atoms with van der Waals surface area (Å²) in [5, 5.41) is 3.39. The highest BCUT2D eigenvalue weighted by Crippen LogP contribution is 2.25. The van der Waals surface area contributed by atoms with Crippen LogP contribution in [0.3, 0.4) is 0 Å². The molecule has 1 aromatic heterocycles. The zero-order valence-corrected chi connectivity index (χ0v) is 11.7. The molecule has 0 amide bonds. The molecule has 1 N–H and O–H groups in total. The van der Waals surface area contributed by atoms with E-state index in [1.165, 1.54) is 0 Å². The number of hydrogen-bond donors (Lipinski definition) is 1. The molecule has 0 atom stereocenters. The van der Waals surface area contributed by atoms with Crippen LogP contribution in [0.15, 0.2) is 12.3 Å². The Morgan fingerprint density at radius 1 is 1.33 bits per heavy atom. The van der Waals surface area contributed by atoms with Gasteiger partial charge in [-0.2, -0.15) is 0 Å². The molecule has 2 heterocycles. The van der Waals surface area contributed by atoms with Crippen LogP contribution in [0.5, 0.6) is 0 Å². The Hall–Kier alpha value is -1.00. The maximum Gasteiger partial charge on any atom is 0.148 e. The normalized spacial score (nSPS) is 17.9. The van der Waals surface area contributed by atoms with E-state index in [0.29, 0.717) is 0 Å². The third-order valence-corrected chi connectivity index (χ3v) is 3.67. The lowest BCUT2D eigenvalue weighted by Gasteiger charge is -2.40. The Balaban J connectivity index is 2.19. The first kappa shape index (κ1) is 13.4. The van der Waals surface area contributed by atoms with Gasteiger partial charge in [0.05, 0.1) is 5.54 Å². The highest BCUT2D eigenvalue weighted by Gasteiger charge is 2.32. The van der Waals surface area contributed by atoms with Crippen molar-refractivity contribution in [3.8, 4) is 0 Å². The second-order valence-corrected chi connectivity index (χ2v) is 5.42. The highest BCUT2D eigenvalue weighted by atomic mass is 15.3. The van der Waals surface area contributed by atoms with Crippen LogP contribution in [0.2, 0.25) is 0 Å². The minimum atomic E-state index is -0.0775. The molecule has 2 rings (SSSR count). The van der Waals surface area contributed by atoms with E-state index in [0.717, 1.165) is 50.5 Å². The molecule has 1 saturated heterocycles. The summed E-state index contributed by atoms with van der Waals surface area (Å²) in [6, 6.07) is 2.03. The van der Waals surface area contributed by atoms with Gasteiger partial charge >= 0.3 is 0 Å². The molecule has 1 aliphatic heterocycles. The molecule has 4 nitrogen and oxygen atoms in total. The first-order valence-corrected chi connectivity index (χ1v) is 6.92. The summed E-state index contributed by atoms with van der Waals surface area (Å²) in [4.78, 5) is 11.7. The highest BCUT2D eigenvalue weighted by molar-refractivity contribution is 5.09. The lowest BCUT2D eigenvalue weighted by molar-refractivity contribution is 0.0945. The van der Waals surface area contributed by atoms with Gasteiger partial charge in [0.15, 0.2) is 0 Å². The fraction of sp³-hybridized carbons (Fsp3) is 0.714. The van der Waals surface area contributed by atoms with Crippen molar-refractivity contribution in [3.05, 3.63) is 23.8 Å².